The molecule has 1 atom stereocenters. The second kappa shape index (κ2) is 10.5. The lowest BCUT2D eigenvalue weighted by molar-refractivity contribution is -0.138. The Labute approximate surface area is 153 Å². The van der Waals surface area contributed by atoms with Crippen molar-refractivity contribution in [3.63, 3.8) is 0 Å². The van der Waals surface area contributed by atoms with Gasteiger partial charge in [0.1, 0.15) is 6.04 Å². The highest BCUT2D eigenvalue weighted by atomic mass is 32.2. The van der Waals surface area contributed by atoms with Gasteiger partial charge in [-0.2, -0.15) is 43.2 Å². The van der Waals surface area contributed by atoms with Crippen molar-refractivity contribution in [3.05, 3.63) is 30.1 Å². The van der Waals surface area contributed by atoms with Gasteiger partial charge in [-0.1, -0.05) is 6.07 Å². The van der Waals surface area contributed by atoms with Crippen LogP contribution in [0, 0.1) is 0 Å². The fraction of sp³-hybridized carbons (Fsp3) is 0.400. The van der Waals surface area contributed by atoms with Gasteiger partial charge in [-0.05, 0) is 18.1 Å². The number of aliphatic carboxylic acids is 1. The summed E-state index contributed by atoms with van der Waals surface area (Å²) in [5.74, 6) is -0.987. The number of hydrogen-bond acceptors (Lipinski definition) is 7. The van der Waals surface area contributed by atoms with E-state index in [1.807, 2.05) is 0 Å². The zero-order valence-corrected chi connectivity index (χ0v) is 14.7. The Morgan fingerprint density at radius 1 is 1.04 bits per heavy atom. The molecule has 0 amide bonds. The van der Waals surface area contributed by atoms with E-state index >= 15 is 0 Å². The van der Waals surface area contributed by atoms with Gasteiger partial charge in [-0.25, -0.2) is 0 Å². The molecule has 1 aromatic rings. The number of aromatic nitrogens is 1. The molecule has 0 aliphatic heterocycles. The molecular formula is C10H12F6N2O8S2. The summed E-state index contributed by atoms with van der Waals surface area (Å²) >= 11 is 0. The van der Waals surface area contributed by atoms with Crippen LogP contribution in [-0.4, -0.2) is 59.1 Å². The van der Waals surface area contributed by atoms with E-state index in [1.165, 1.54) is 0 Å². The van der Waals surface area contributed by atoms with Crippen molar-refractivity contribution in [2.45, 2.75) is 23.5 Å². The Morgan fingerprint density at radius 2 is 1.39 bits per heavy atom. The first kappa shape index (κ1) is 28.2. The van der Waals surface area contributed by atoms with E-state index in [2.05, 4.69) is 4.98 Å². The minimum absolute atomic E-state index is 0.323. The fourth-order valence-corrected chi connectivity index (χ4v) is 0.860. The van der Waals surface area contributed by atoms with Gasteiger partial charge in [-0.15, -0.1) is 0 Å². The first-order chi connectivity index (χ1) is 12.2. The predicted molar refractivity (Wildman–Crippen MR) is 78.8 cm³/mol. The summed E-state index contributed by atoms with van der Waals surface area (Å²) < 4.78 is 115. The molecule has 0 spiro atoms. The molecule has 164 valence electrons. The summed E-state index contributed by atoms with van der Waals surface area (Å²) in [6, 6.07) is 2.72. The molecule has 0 saturated heterocycles. The number of carboxylic acids is 1. The van der Waals surface area contributed by atoms with Crippen molar-refractivity contribution in [2.24, 2.45) is 5.73 Å². The van der Waals surface area contributed by atoms with Crippen LogP contribution < -0.4 is 5.73 Å². The van der Waals surface area contributed by atoms with E-state index in [9.17, 15) is 31.1 Å². The van der Waals surface area contributed by atoms with E-state index in [-0.39, 0.29) is 0 Å². The van der Waals surface area contributed by atoms with Crippen molar-refractivity contribution in [3.8, 4) is 0 Å². The first-order valence-electron chi connectivity index (χ1n) is 6.15. The molecule has 0 aliphatic rings. The quantitative estimate of drug-likeness (QED) is 0.282. The number of halogens is 6. The van der Waals surface area contributed by atoms with Crippen LogP contribution >= 0.6 is 0 Å². The molecule has 1 rings (SSSR count). The van der Waals surface area contributed by atoms with Crippen molar-refractivity contribution in [2.75, 3.05) is 0 Å². The second-order valence-electron chi connectivity index (χ2n) is 4.35. The maximum Gasteiger partial charge on any atom is 0.522 e. The summed E-state index contributed by atoms with van der Waals surface area (Å²) in [6.45, 7) is 0. The van der Waals surface area contributed by atoms with Gasteiger partial charge < -0.3 is 10.8 Å². The monoisotopic (exact) mass is 466 g/mol. The third kappa shape index (κ3) is 12.4. The summed E-state index contributed by atoms with van der Waals surface area (Å²) in [4.78, 5) is 14.2. The summed E-state index contributed by atoms with van der Waals surface area (Å²) in [5, 5.41) is 8.50. The number of rotatable bonds is 3. The van der Waals surface area contributed by atoms with Crippen molar-refractivity contribution >= 4 is 26.2 Å². The van der Waals surface area contributed by atoms with Crippen LogP contribution in [0.3, 0.4) is 0 Å². The van der Waals surface area contributed by atoms with Crippen LogP contribution in [0.25, 0.3) is 0 Å². The third-order valence-electron chi connectivity index (χ3n) is 2.08. The Kier molecular flexibility index (Phi) is 10.6. The van der Waals surface area contributed by atoms with Crippen LogP contribution in [0.2, 0.25) is 0 Å². The first-order valence-corrected chi connectivity index (χ1v) is 9.03. The summed E-state index contributed by atoms with van der Waals surface area (Å²) in [6.07, 6.45) is 3.57. The average molecular weight is 466 g/mol. The maximum atomic E-state index is 10.7. The second-order valence-corrected chi connectivity index (χ2v) is 7.18. The van der Waals surface area contributed by atoms with Crippen molar-refractivity contribution in [1.82, 2.24) is 4.98 Å². The van der Waals surface area contributed by atoms with Gasteiger partial charge in [0.05, 0.1) is 0 Å². The summed E-state index contributed by atoms with van der Waals surface area (Å²) in [7, 11) is -11.7. The van der Waals surface area contributed by atoms with Gasteiger partial charge in [0.25, 0.3) is 0 Å². The SMILES string of the molecule is NC(Cc1cccnc1)C(=O)O.O=S(=O)(O)C(F)(F)F.O=S(=O)(O)C(F)(F)F. The molecule has 28 heavy (non-hydrogen) atoms. The zero-order valence-electron chi connectivity index (χ0n) is 13.1. The lowest BCUT2D eigenvalue weighted by Gasteiger charge is -2.04. The molecule has 0 bridgehead atoms. The molecule has 0 fully saturated rings. The highest BCUT2D eigenvalue weighted by Crippen LogP contribution is 2.21. The Balaban J connectivity index is 0. The van der Waals surface area contributed by atoms with Gasteiger partial charge in [0.15, 0.2) is 0 Å². The third-order valence-corrected chi connectivity index (χ3v) is 3.25. The smallest absolute Gasteiger partial charge is 0.480 e. The number of nitrogens with zero attached hydrogens (tertiary/aromatic N) is 1. The van der Waals surface area contributed by atoms with Crippen molar-refractivity contribution in [1.29, 1.82) is 0 Å². The Hall–Kier alpha value is -2.02. The average Bonchev–Trinajstić information content (AvgIpc) is 2.45. The van der Waals surface area contributed by atoms with Crippen LogP contribution in [0.15, 0.2) is 24.5 Å². The number of carbonyl (C=O) groups is 1. The molecular weight excluding hydrogens is 454 g/mol. The van der Waals surface area contributed by atoms with Gasteiger partial charge in [0, 0.05) is 12.4 Å². The normalized spacial score (nSPS) is 13.3. The topological polar surface area (TPSA) is 185 Å². The van der Waals surface area contributed by atoms with E-state index in [4.69, 9.17) is 36.8 Å². The van der Waals surface area contributed by atoms with E-state index in [0.717, 1.165) is 5.56 Å². The minimum Gasteiger partial charge on any atom is -0.480 e. The molecule has 18 heteroatoms. The van der Waals surface area contributed by atoms with E-state index in [0.29, 0.717) is 6.42 Å². The van der Waals surface area contributed by atoms with E-state index in [1.54, 1.807) is 24.5 Å². The summed E-state index contributed by atoms with van der Waals surface area (Å²) in [5.41, 5.74) is -4.91. The molecule has 0 saturated carbocycles. The molecule has 1 heterocycles. The number of hydrogen-bond donors (Lipinski definition) is 4. The van der Waals surface area contributed by atoms with Gasteiger partial charge >= 0.3 is 37.2 Å². The van der Waals surface area contributed by atoms with Crippen LogP contribution in [-0.2, 0) is 31.5 Å². The molecule has 5 N–H and O–H groups in total. The predicted octanol–water partition coefficient (Wildman–Crippen LogP) is 0.824. The molecule has 1 unspecified atom stereocenters. The van der Waals surface area contributed by atoms with Crippen LogP contribution in [0.4, 0.5) is 26.3 Å². The van der Waals surface area contributed by atoms with E-state index < -0.39 is 43.3 Å². The number of carboxylic acid groups (broad SMARTS) is 1. The van der Waals surface area contributed by atoms with Crippen LogP contribution in [0.1, 0.15) is 5.56 Å². The minimum atomic E-state index is -5.84. The highest BCUT2D eigenvalue weighted by molar-refractivity contribution is 7.86. The van der Waals surface area contributed by atoms with Gasteiger partial charge in [0.2, 0.25) is 0 Å². The number of pyridine rings is 1. The number of nitrogens with two attached hydrogens (primary N) is 1. The van der Waals surface area contributed by atoms with Crippen molar-refractivity contribution < 1.29 is 62.2 Å². The van der Waals surface area contributed by atoms with Gasteiger partial charge in [-0.3, -0.25) is 18.9 Å². The zero-order chi connectivity index (χ0) is 23.0. The maximum absolute atomic E-state index is 10.7. The lowest BCUT2D eigenvalue weighted by Crippen LogP contribution is -2.32. The number of alkyl halides is 6. The molecule has 10 nitrogen and oxygen atoms in total. The van der Waals surface area contributed by atoms with Crippen LogP contribution in [0.5, 0.6) is 0 Å². The largest absolute Gasteiger partial charge is 0.522 e. The molecule has 0 aliphatic carbocycles. The standard InChI is InChI=1S/C8H10N2O2.2CHF3O3S/c9-7(8(11)12)4-6-2-1-3-10-5-6;2*2-1(3,4)8(5,6)7/h1-3,5,7H,4,9H2,(H,11,12);2*(H,5,6,7). The highest BCUT2D eigenvalue weighted by Gasteiger charge is 2.45. The Bertz CT molecular complexity index is 782. The molecule has 0 aromatic carbocycles. The molecule has 1 aromatic heterocycles. The fourth-order valence-electron chi connectivity index (χ4n) is 0.860. The lowest BCUT2D eigenvalue weighted by atomic mass is 10.1. The molecule has 0 radical (unpaired) electrons. The Morgan fingerprint density at radius 3 is 1.61 bits per heavy atom.